The van der Waals surface area contributed by atoms with E-state index in [2.05, 4.69) is 21.2 Å². The molecule has 0 fully saturated rings. The summed E-state index contributed by atoms with van der Waals surface area (Å²) >= 11 is 3.44. The van der Waals surface area contributed by atoms with Crippen LogP contribution in [0.4, 0.5) is 10.5 Å². The van der Waals surface area contributed by atoms with E-state index in [-0.39, 0.29) is 25.3 Å². The maximum Gasteiger partial charge on any atom is 0.321 e. The summed E-state index contributed by atoms with van der Waals surface area (Å²) in [5.41, 5.74) is 2.74. The van der Waals surface area contributed by atoms with Crippen LogP contribution in [0.2, 0.25) is 0 Å². The highest BCUT2D eigenvalue weighted by atomic mass is 79.9. The molecule has 2 amide bonds. The third-order valence-corrected chi connectivity index (χ3v) is 4.01. The number of aliphatic hydroxyl groups is 1. The highest BCUT2D eigenvalue weighted by Gasteiger charge is 2.16. The number of hydrogen-bond acceptors (Lipinski definition) is 4. The molecule has 0 aliphatic rings. The van der Waals surface area contributed by atoms with E-state index < -0.39 is 6.10 Å². The van der Waals surface area contributed by atoms with E-state index in [9.17, 15) is 9.90 Å². The molecule has 0 heterocycles. The summed E-state index contributed by atoms with van der Waals surface area (Å²) in [6, 6.07) is 3.63. The first kappa shape index (κ1) is 21.9. The van der Waals surface area contributed by atoms with Gasteiger partial charge in [0.1, 0.15) is 0 Å². The first-order valence-corrected chi connectivity index (χ1v) is 9.16. The third kappa shape index (κ3) is 8.18. The number of amides is 2. The molecule has 7 heteroatoms. The lowest BCUT2D eigenvalue weighted by atomic mass is 10.1. The molecule has 142 valence electrons. The van der Waals surface area contributed by atoms with Crippen LogP contribution in [0.3, 0.4) is 0 Å². The number of nitrogens with zero attached hydrogens (tertiary/aromatic N) is 1. The van der Waals surface area contributed by atoms with Crippen molar-refractivity contribution in [3.05, 3.63) is 27.7 Å². The molecule has 1 unspecified atom stereocenters. The molecule has 6 nitrogen and oxygen atoms in total. The molecule has 0 aliphatic heterocycles. The van der Waals surface area contributed by atoms with Gasteiger partial charge in [-0.1, -0.05) is 15.9 Å². The number of halogens is 1. The Hall–Kier alpha value is -1.15. The van der Waals surface area contributed by atoms with Crippen molar-refractivity contribution in [2.75, 3.05) is 38.7 Å². The zero-order valence-corrected chi connectivity index (χ0v) is 17.2. The molecule has 1 aromatic carbocycles. The van der Waals surface area contributed by atoms with Gasteiger partial charge in [0.2, 0.25) is 0 Å². The number of urea groups is 1. The van der Waals surface area contributed by atoms with E-state index in [0.29, 0.717) is 13.2 Å². The smallest absolute Gasteiger partial charge is 0.321 e. The van der Waals surface area contributed by atoms with Crippen LogP contribution in [0.1, 0.15) is 25.0 Å². The van der Waals surface area contributed by atoms with Gasteiger partial charge in [-0.05, 0) is 51.0 Å². The van der Waals surface area contributed by atoms with E-state index >= 15 is 0 Å². The zero-order valence-electron chi connectivity index (χ0n) is 15.6. The average molecular weight is 417 g/mol. The van der Waals surface area contributed by atoms with E-state index in [4.69, 9.17) is 9.47 Å². The number of benzene rings is 1. The Labute approximate surface area is 158 Å². The van der Waals surface area contributed by atoms with E-state index in [1.54, 1.807) is 7.05 Å². The number of aryl methyl sites for hydroxylation is 2. The van der Waals surface area contributed by atoms with Crippen LogP contribution < -0.4 is 5.32 Å². The Morgan fingerprint density at radius 1 is 1.28 bits per heavy atom. The Morgan fingerprint density at radius 3 is 2.44 bits per heavy atom. The van der Waals surface area contributed by atoms with Gasteiger partial charge >= 0.3 is 6.03 Å². The molecular weight excluding hydrogens is 388 g/mol. The SMILES string of the molecule is Cc1cc(Br)cc(C)c1NC(=O)N(C)CC(O)COCCOC(C)C. The molecule has 0 aliphatic carbocycles. The number of nitrogens with one attached hydrogen (secondary N) is 1. The molecule has 0 bridgehead atoms. The van der Waals surface area contributed by atoms with Crippen molar-refractivity contribution in [1.29, 1.82) is 0 Å². The molecule has 1 rings (SSSR count). The van der Waals surface area contributed by atoms with Gasteiger partial charge in [-0.3, -0.25) is 0 Å². The predicted molar refractivity (Wildman–Crippen MR) is 103 cm³/mol. The molecule has 0 spiro atoms. The maximum absolute atomic E-state index is 12.3. The van der Waals surface area contributed by atoms with Crippen LogP contribution in [0, 0.1) is 13.8 Å². The minimum absolute atomic E-state index is 0.161. The fourth-order valence-corrected chi connectivity index (χ4v) is 3.01. The quantitative estimate of drug-likeness (QED) is 0.605. The van der Waals surface area contributed by atoms with E-state index in [1.165, 1.54) is 4.90 Å². The van der Waals surface area contributed by atoms with Gasteiger partial charge in [0.05, 0.1) is 38.6 Å². The van der Waals surface area contributed by atoms with Crippen LogP contribution in [0.25, 0.3) is 0 Å². The summed E-state index contributed by atoms with van der Waals surface area (Å²) in [7, 11) is 1.64. The number of rotatable bonds is 9. The number of ether oxygens (including phenoxy) is 2. The Kier molecular flexibility index (Phi) is 9.42. The monoisotopic (exact) mass is 416 g/mol. The summed E-state index contributed by atoms with van der Waals surface area (Å²) < 4.78 is 11.7. The summed E-state index contributed by atoms with van der Waals surface area (Å²) in [4.78, 5) is 13.8. The molecular formula is C18H29BrN2O4. The van der Waals surface area contributed by atoms with Gasteiger partial charge in [-0.15, -0.1) is 0 Å². The minimum atomic E-state index is -0.748. The molecule has 1 atom stereocenters. The number of carbonyl (C=O) groups is 1. The summed E-state index contributed by atoms with van der Waals surface area (Å²) in [6.07, 6.45) is -0.587. The van der Waals surface area contributed by atoms with E-state index in [0.717, 1.165) is 21.3 Å². The summed E-state index contributed by atoms with van der Waals surface area (Å²) in [5.74, 6) is 0. The first-order valence-electron chi connectivity index (χ1n) is 8.37. The predicted octanol–water partition coefficient (Wildman–Crippen LogP) is 3.33. The van der Waals surface area contributed by atoms with Gasteiger partial charge in [-0.25, -0.2) is 4.79 Å². The zero-order chi connectivity index (χ0) is 19.0. The second kappa shape index (κ2) is 10.8. The number of likely N-dealkylation sites (N-methyl/N-ethyl adjacent to an activating group) is 1. The minimum Gasteiger partial charge on any atom is -0.389 e. The van der Waals surface area contributed by atoms with Gasteiger partial charge in [0.25, 0.3) is 0 Å². The van der Waals surface area contributed by atoms with Gasteiger partial charge in [-0.2, -0.15) is 0 Å². The van der Waals surface area contributed by atoms with Crippen molar-refractivity contribution < 1.29 is 19.4 Å². The maximum atomic E-state index is 12.3. The Bertz CT molecular complexity index is 543. The summed E-state index contributed by atoms with van der Waals surface area (Å²) in [6.45, 7) is 9.05. The first-order chi connectivity index (χ1) is 11.7. The fourth-order valence-electron chi connectivity index (χ4n) is 2.32. The number of anilines is 1. The molecule has 1 aromatic rings. The lowest BCUT2D eigenvalue weighted by Gasteiger charge is -2.22. The molecule has 0 saturated carbocycles. The van der Waals surface area contributed by atoms with Gasteiger partial charge < -0.3 is 24.8 Å². The largest absolute Gasteiger partial charge is 0.389 e. The fraction of sp³-hybridized carbons (Fsp3) is 0.611. The molecule has 0 aromatic heterocycles. The number of carbonyl (C=O) groups excluding carboxylic acids is 1. The molecule has 0 radical (unpaired) electrons. The van der Waals surface area contributed by atoms with Crippen LogP contribution in [0.15, 0.2) is 16.6 Å². The molecule has 25 heavy (non-hydrogen) atoms. The standard InChI is InChI=1S/C18H29BrN2O4/c1-12(2)25-7-6-24-11-16(22)10-21(5)18(23)20-17-13(3)8-15(19)9-14(17)4/h8-9,12,16,22H,6-7,10-11H2,1-5H3,(H,20,23). The van der Waals surface area contributed by atoms with Gasteiger partial charge in [0, 0.05) is 17.2 Å². The second-order valence-corrected chi connectivity index (χ2v) is 7.29. The van der Waals surface area contributed by atoms with E-state index in [1.807, 2.05) is 39.8 Å². The second-order valence-electron chi connectivity index (χ2n) is 6.37. The molecule has 0 saturated heterocycles. The number of hydrogen-bond donors (Lipinski definition) is 2. The highest BCUT2D eigenvalue weighted by Crippen LogP contribution is 2.25. The van der Waals surface area contributed by atoms with Crippen molar-refractivity contribution in [1.82, 2.24) is 4.90 Å². The Balaban J connectivity index is 2.41. The van der Waals surface area contributed by atoms with Crippen LogP contribution >= 0.6 is 15.9 Å². The summed E-state index contributed by atoms with van der Waals surface area (Å²) in [5, 5.41) is 12.9. The normalized spacial score (nSPS) is 12.3. The highest BCUT2D eigenvalue weighted by molar-refractivity contribution is 9.10. The number of aliphatic hydroxyl groups excluding tert-OH is 1. The van der Waals surface area contributed by atoms with Crippen LogP contribution in [-0.4, -0.2) is 61.7 Å². The average Bonchev–Trinajstić information content (AvgIpc) is 2.49. The van der Waals surface area contributed by atoms with Crippen molar-refractivity contribution in [2.24, 2.45) is 0 Å². The topological polar surface area (TPSA) is 71.0 Å². The molecule has 2 N–H and O–H groups in total. The van der Waals surface area contributed by atoms with Gasteiger partial charge in [0.15, 0.2) is 0 Å². The lowest BCUT2D eigenvalue weighted by molar-refractivity contribution is -0.0144. The third-order valence-electron chi connectivity index (χ3n) is 3.55. The van der Waals surface area contributed by atoms with Crippen LogP contribution in [-0.2, 0) is 9.47 Å². The van der Waals surface area contributed by atoms with Crippen molar-refractivity contribution in [3.63, 3.8) is 0 Å². The lowest BCUT2D eigenvalue weighted by Crippen LogP contribution is -2.39. The van der Waals surface area contributed by atoms with Crippen molar-refractivity contribution >= 4 is 27.6 Å². The Morgan fingerprint density at radius 2 is 1.88 bits per heavy atom. The van der Waals surface area contributed by atoms with Crippen LogP contribution in [0.5, 0.6) is 0 Å². The van der Waals surface area contributed by atoms with Crippen molar-refractivity contribution in [2.45, 2.75) is 39.9 Å². The van der Waals surface area contributed by atoms with Crippen molar-refractivity contribution in [3.8, 4) is 0 Å².